The molecule has 3 rings (SSSR count). The summed E-state index contributed by atoms with van der Waals surface area (Å²) in [6.45, 7) is 0. The number of hydrogen-bond donors (Lipinski definition) is 1. The molecule has 0 atom stereocenters. The second kappa shape index (κ2) is 3.96. The van der Waals surface area contributed by atoms with Crippen molar-refractivity contribution in [3.05, 3.63) is 48.5 Å². The third-order valence-corrected chi connectivity index (χ3v) is 2.66. The molecule has 0 spiro atoms. The van der Waals surface area contributed by atoms with E-state index in [1.807, 2.05) is 24.3 Å². The number of rotatable bonds is 2. The van der Waals surface area contributed by atoms with Crippen LogP contribution >= 0.6 is 0 Å². The van der Waals surface area contributed by atoms with Crippen LogP contribution in [0.1, 0.15) is 10.6 Å². The maximum Gasteiger partial charge on any atom is 0.374 e. The Morgan fingerprint density at radius 3 is 2.83 bits per heavy atom. The van der Waals surface area contributed by atoms with Crippen LogP contribution in [-0.4, -0.2) is 21.2 Å². The molecule has 0 bridgehead atoms. The molecule has 0 saturated heterocycles. The first-order valence-corrected chi connectivity index (χ1v) is 5.28. The van der Waals surface area contributed by atoms with Crippen LogP contribution in [0.3, 0.4) is 0 Å². The van der Waals surface area contributed by atoms with Crippen LogP contribution in [0.4, 0.5) is 0 Å². The highest BCUT2D eigenvalue weighted by Crippen LogP contribution is 2.23. The van der Waals surface area contributed by atoms with Gasteiger partial charge in [-0.2, -0.15) is 0 Å². The Morgan fingerprint density at radius 2 is 2.06 bits per heavy atom. The van der Waals surface area contributed by atoms with E-state index in [0.29, 0.717) is 5.69 Å². The number of aromatic carboxylic acids is 1. The van der Waals surface area contributed by atoms with Crippen molar-refractivity contribution in [2.45, 2.75) is 0 Å². The molecule has 0 unspecified atom stereocenters. The summed E-state index contributed by atoms with van der Waals surface area (Å²) in [5.41, 5.74) is 1.32. The molecule has 0 aliphatic heterocycles. The van der Waals surface area contributed by atoms with Gasteiger partial charge in [0.15, 0.2) is 0 Å². The van der Waals surface area contributed by atoms with Crippen molar-refractivity contribution in [2.24, 2.45) is 0 Å². The first-order valence-electron chi connectivity index (χ1n) is 5.28. The topological polar surface area (TPSA) is 76.2 Å². The van der Waals surface area contributed by atoms with E-state index in [4.69, 9.17) is 9.63 Å². The molecule has 0 aliphatic rings. The maximum absolute atomic E-state index is 10.7. The smallest absolute Gasteiger partial charge is 0.374 e. The second-order valence-corrected chi connectivity index (χ2v) is 3.82. The van der Waals surface area contributed by atoms with Crippen molar-refractivity contribution in [1.29, 1.82) is 0 Å². The Kier molecular flexibility index (Phi) is 2.30. The minimum Gasteiger partial charge on any atom is -0.475 e. The number of pyridine rings is 1. The molecule has 0 radical (unpaired) electrons. The second-order valence-electron chi connectivity index (χ2n) is 3.82. The molecule has 88 valence electrons. The van der Waals surface area contributed by atoms with E-state index in [-0.39, 0.29) is 5.76 Å². The molecule has 0 amide bonds. The monoisotopic (exact) mass is 240 g/mol. The van der Waals surface area contributed by atoms with E-state index < -0.39 is 5.97 Å². The lowest BCUT2D eigenvalue weighted by molar-refractivity contribution is 0.0652. The minimum atomic E-state index is -1.13. The average Bonchev–Trinajstić information content (AvgIpc) is 2.88. The highest BCUT2D eigenvalue weighted by Gasteiger charge is 2.12. The summed E-state index contributed by atoms with van der Waals surface area (Å²) in [5, 5.41) is 14.6. The fraction of sp³-hybridized carbons (Fsp3) is 0. The zero-order valence-electron chi connectivity index (χ0n) is 9.20. The Hall–Kier alpha value is -2.69. The van der Waals surface area contributed by atoms with Gasteiger partial charge in [0, 0.05) is 29.4 Å². The third-order valence-electron chi connectivity index (χ3n) is 2.66. The third kappa shape index (κ3) is 1.71. The van der Waals surface area contributed by atoms with Crippen LogP contribution in [0.2, 0.25) is 0 Å². The zero-order valence-corrected chi connectivity index (χ0v) is 9.20. The van der Waals surface area contributed by atoms with Gasteiger partial charge in [-0.3, -0.25) is 4.98 Å². The first kappa shape index (κ1) is 10.5. The molecule has 1 N–H and O–H groups in total. The number of aromatic nitrogens is 2. The Labute approximate surface area is 102 Å². The normalized spacial score (nSPS) is 10.7. The Bertz CT molecular complexity index is 734. The number of nitrogens with zero attached hydrogens (tertiary/aromatic N) is 2. The number of hydrogen-bond acceptors (Lipinski definition) is 4. The van der Waals surface area contributed by atoms with Gasteiger partial charge < -0.3 is 9.63 Å². The molecule has 0 saturated carbocycles. The van der Waals surface area contributed by atoms with Gasteiger partial charge in [0.05, 0.1) is 0 Å². The quantitative estimate of drug-likeness (QED) is 0.745. The molecule has 5 nitrogen and oxygen atoms in total. The zero-order chi connectivity index (χ0) is 12.5. The van der Waals surface area contributed by atoms with Crippen molar-refractivity contribution in [2.75, 3.05) is 0 Å². The van der Waals surface area contributed by atoms with Gasteiger partial charge in [-0.05, 0) is 17.5 Å². The summed E-state index contributed by atoms with van der Waals surface area (Å²) in [4.78, 5) is 14.7. The van der Waals surface area contributed by atoms with Crippen molar-refractivity contribution < 1.29 is 14.4 Å². The van der Waals surface area contributed by atoms with Crippen LogP contribution < -0.4 is 0 Å². The first-order chi connectivity index (χ1) is 8.74. The fourth-order valence-electron chi connectivity index (χ4n) is 1.75. The van der Waals surface area contributed by atoms with Crippen LogP contribution in [0.15, 0.2) is 47.2 Å². The predicted octanol–water partition coefficient (Wildman–Crippen LogP) is 2.59. The lowest BCUT2D eigenvalue weighted by Crippen LogP contribution is -1.91. The largest absolute Gasteiger partial charge is 0.475 e. The van der Waals surface area contributed by atoms with Crippen molar-refractivity contribution in [1.82, 2.24) is 10.1 Å². The molecule has 5 heteroatoms. The Morgan fingerprint density at radius 1 is 1.17 bits per heavy atom. The van der Waals surface area contributed by atoms with E-state index >= 15 is 0 Å². The maximum atomic E-state index is 10.7. The molecule has 18 heavy (non-hydrogen) atoms. The predicted molar refractivity (Wildman–Crippen MR) is 64.2 cm³/mol. The molecular formula is C13H8N2O3. The van der Waals surface area contributed by atoms with E-state index in [9.17, 15) is 4.79 Å². The van der Waals surface area contributed by atoms with Crippen molar-refractivity contribution in [3.8, 4) is 11.3 Å². The summed E-state index contributed by atoms with van der Waals surface area (Å²) in [6, 6.07) is 8.97. The number of carbonyl (C=O) groups is 1. The summed E-state index contributed by atoms with van der Waals surface area (Å²) < 4.78 is 4.73. The van der Waals surface area contributed by atoms with Crippen LogP contribution in [0.5, 0.6) is 0 Å². The van der Waals surface area contributed by atoms with Gasteiger partial charge in [-0.1, -0.05) is 17.3 Å². The van der Waals surface area contributed by atoms with Gasteiger partial charge in [-0.15, -0.1) is 0 Å². The molecule has 3 aromatic rings. The standard InChI is InChI=1S/C13H8N2O3/c16-13(17)12-6-11(15-18-12)9-1-2-10-7-14-4-3-8(10)5-9/h1-7H,(H,16,17). The molecular weight excluding hydrogens is 232 g/mol. The summed E-state index contributed by atoms with van der Waals surface area (Å²) in [5.74, 6) is -1.29. The van der Waals surface area contributed by atoms with Gasteiger partial charge in [0.2, 0.25) is 5.76 Å². The van der Waals surface area contributed by atoms with Crippen molar-refractivity contribution >= 4 is 16.7 Å². The van der Waals surface area contributed by atoms with E-state index in [1.165, 1.54) is 6.07 Å². The number of fused-ring (bicyclic) bond motifs is 1. The SMILES string of the molecule is O=C(O)c1cc(-c2ccc3cnccc3c2)no1. The molecule has 2 aromatic heterocycles. The van der Waals surface area contributed by atoms with Crippen molar-refractivity contribution in [3.63, 3.8) is 0 Å². The summed E-state index contributed by atoms with van der Waals surface area (Å²) >= 11 is 0. The van der Waals surface area contributed by atoms with Crippen LogP contribution in [-0.2, 0) is 0 Å². The van der Waals surface area contributed by atoms with Gasteiger partial charge >= 0.3 is 5.97 Å². The van der Waals surface area contributed by atoms with Gasteiger partial charge in [0.25, 0.3) is 0 Å². The molecule has 0 aliphatic carbocycles. The molecule has 1 aromatic carbocycles. The summed E-state index contributed by atoms with van der Waals surface area (Å²) in [6.07, 6.45) is 3.47. The minimum absolute atomic E-state index is 0.167. The highest BCUT2D eigenvalue weighted by molar-refractivity contribution is 5.88. The molecule has 0 fully saturated rings. The lowest BCUT2D eigenvalue weighted by atomic mass is 10.1. The number of benzene rings is 1. The fourth-order valence-corrected chi connectivity index (χ4v) is 1.75. The number of carboxylic acid groups (broad SMARTS) is 1. The van der Waals surface area contributed by atoms with E-state index in [0.717, 1.165) is 16.3 Å². The van der Waals surface area contributed by atoms with Gasteiger partial charge in [0.1, 0.15) is 5.69 Å². The van der Waals surface area contributed by atoms with E-state index in [1.54, 1.807) is 12.4 Å². The van der Waals surface area contributed by atoms with Crippen LogP contribution in [0, 0.1) is 0 Å². The van der Waals surface area contributed by atoms with Crippen LogP contribution in [0.25, 0.3) is 22.0 Å². The van der Waals surface area contributed by atoms with Gasteiger partial charge in [-0.25, -0.2) is 4.79 Å². The lowest BCUT2D eigenvalue weighted by Gasteiger charge is -1.99. The highest BCUT2D eigenvalue weighted by atomic mass is 16.5. The summed E-state index contributed by atoms with van der Waals surface area (Å²) in [7, 11) is 0. The average molecular weight is 240 g/mol. The number of carboxylic acids is 1. The molecule has 2 heterocycles. The van der Waals surface area contributed by atoms with E-state index in [2.05, 4.69) is 10.1 Å². The Balaban J connectivity index is 2.10.